The van der Waals surface area contributed by atoms with Gasteiger partial charge in [0.05, 0.1) is 0 Å². The van der Waals surface area contributed by atoms with Crippen LogP contribution in [-0.2, 0) is 9.59 Å². The molecule has 5 heteroatoms. The summed E-state index contributed by atoms with van der Waals surface area (Å²) in [6.45, 7) is 9.89. The lowest BCUT2D eigenvalue weighted by atomic mass is 9.96. The molecule has 0 aromatic heterocycles. The number of carbonyl (C=O) groups is 2. The van der Waals surface area contributed by atoms with Gasteiger partial charge in [-0.2, -0.15) is 0 Å². The quantitative estimate of drug-likeness (QED) is 0.606. The van der Waals surface area contributed by atoms with Crippen LogP contribution < -0.4 is 10.6 Å². The smallest absolute Gasteiger partial charge is 0.225 e. The highest BCUT2D eigenvalue weighted by molar-refractivity contribution is 5.81. The van der Waals surface area contributed by atoms with Crippen molar-refractivity contribution in [2.45, 2.75) is 53.5 Å². The van der Waals surface area contributed by atoms with Crippen LogP contribution in [-0.4, -0.2) is 36.1 Å². The minimum absolute atomic E-state index is 0.00446. The third-order valence-corrected chi connectivity index (χ3v) is 3.08. The molecule has 2 atom stereocenters. The molecule has 2 unspecified atom stereocenters. The van der Waals surface area contributed by atoms with E-state index in [1.54, 1.807) is 0 Å². The van der Waals surface area contributed by atoms with Crippen LogP contribution in [0.25, 0.3) is 0 Å². The fourth-order valence-electron chi connectivity index (χ4n) is 1.34. The van der Waals surface area contributed by atoms with Gasteiger partial charge in [-0.15, -0.1) is 0 Å². The van der Waals surface area contributed by atoms with Crippen molar-refractivity contribution in [2.24, 2.45) is 11.3 Å². The third kappa shape index (κ3) is 7.82. The Labute approximate surface area is 116 Å². The number of hydrogen-bond acceptors (Lipinski definition) is 3. The lowest BCUT2D eigenvalue weighted by Gasteiger charge is -2.19. The fourth-order valence-corrected chi connectivity index (χ4v) is 1.34. The van der Waals surface area contributed by atoms with E-state index in [0.29, 0.717) is 19.4 Å². The summed E-state index contributed by atoms with van der Waals surface area (Å²) < 4.78 is 0. The Hall–Kier alpha value is -1.10. The fraction of sp³-hybridized carbons (Fsp3) is 0.857. The first kappa shape index (κ1) is 17.9. The predicted octanol–water partition coefficient (Wildman–Crippen LogP) is 1.06. The first-order valence-electron chi connectivity index (χ1n) is 6.87. The Morgan fingerprint density at radius 1 is 1.21 bits per heavy atom. The molecule has 0 aromatic carbocycles. The van der Waals surface area contributed by atoms with Crippen molar-refractivity contribution < 1.29 is 14.7 Å². The van der Waals surface area contributed by atoms with Gasteiger partial charge in [-0.25, -0.2) is 0 Å². The van der Waals surface area contributed by atoms with Gasteiger partial charge >= 0.3 is 0 Å². The van der Waals surface area contributed by atoms with Gasteiger partial charge in [0.25, 0.3) is 0 Å². The highest BCUT2D eigenvalue weighted by Gasteiger charge is 2.20. The number of rotatable bonds is 7. The molecule has 0 heterocycles. The van der Waals surface area contributed by atoms with Gasteiger partial charge in [0.15, 0.2) is 0 Å². The van der Waals surface area contributed by atoms with E-state index >= 15 is 0 Å². The SMILES string of the molecule is CC(CO)C(C)NC(=O)CCCNC(=O)C(C)(C)C. The molecule has 2 amide bonds. The molecule has 0 saturated heterocycles. The zero-order chi connectivity index (χ0) is 15.1. The van der Waals surface area contributed by atoms with Gasteiger partial charge in [-0.3, -0.25) is 9.59 Å². The van der Waals surface area contributed by atoms with Crippen molar-refractivity contribution in [1.82, 2.24) is 10.6 Å². The molecule has 0 bridgehead atoms. The molecule has 0 fully saturated rings. The lowest BCUT2D eigenvalue weighted by Crippen LogP contribution is -2.39. The number of hydrogen-bond donors (Lipinski definition) is 3. The second kappa shape index (κ2) is 8.15. The molecule has 5 nitrogen and oxygen atoms in total. The minimum atomic E-state index is -0.396. The number of aliphatic hydroxyl groups is 1. The van der Waals surface area contributed by atoms with Crippen molar-refractivity contribution in [2.75, 3.05) is 13.2 Å². The highest BCUT2D eigenvalue weighted by atomic mass is 16.3. The minimum Gasteiger partial charge on any atom is -0.396 e. The van der Waals surface area contributed by atoms with Gasteiger partial charge in [0.1, 0.15) is 0 Å². The van der Waals surface area contributed by atoms with Gasteiger partial charge in [0.2, 0.25) is 11.8 Å². The lowest BCUT2D eigenvalue weighted by molar-refractivity contribution is -0.128. The zero-order valence-corrected chi connectivity index (χ0v) is 12.7. The van der Waals surface area contributed by atoms with Crippen LogP contribution in [0.15, 0.2) is 0 Å². The topological polar surface area (TPSA) is 78.4 Å². The average molecular weight is 272 g/mol. The Balaban J connectivity index is 3.79. The van der Waals surface area contributed by atoms with Crippen molar-refractivity contribution in [3.8, 4) is 0 Å². The summed E-state index contributed by atoms with van der Waals surface area (Å²) >= 11 is 0. The normalized spacial score (nSPS) is 14.6. The molecule has 0 rings (SSSR count). The number of nitrogens with one attached hydrogen (secondary N) is 2. The molecule has 19 heavy (non-hydrogen) atoms. The van der Waals surface area contributed by atoms with E-state index in [9.17, 15) is 9.59 Å². The van der Waals surface area contributed by atoms with Crippen LogP contribution in [0.4, 0.5) is 0 Å². The molecule has 0 spiro atoms. The standard InChI is InChI=1S/C14H28N2O3/c1-10(9-17)11(2)16-12(18)7-6-8-15-13(19)14(3,4)5/h10-11,17H,6-9H2,1-5H3,(H,15,19)(H,16,18). The van der Waals surface area contributed by atoms with Gasteiger partial charge in [0, 0.05) is 31.0 Å². The van der Waals surface area contributed by atoms with E-state index in [0.717, 1.165) is 0 Å². The van der Waals surface area contributed by atoms with Crippen LogP contribution in [0.5, 0.6) is 0 Å². The second-order valence-electron chi connectivity index (χ2n) is 6.13. The molecule has 0 aromatic rings. The van der Waals surface area contributed by atoms with Crippen LogP contribution >= 0.6 is 0 Å². The second-order valence-corrected chi connectivity index (χ2v) is 6.13. The maximum Gasteiger partial charge on any atom is 0.225 e. The molecular formula is C14H28N2O3. The largest absolute Gasteiger partial charge is 0.396 e. The zero-order valence-electron chi connectivity index (χ0n) is 12.7. The van der Waals surface area contributed by atoms with Crippen LogP contribution in [0.1, 0.15) is 47.5 Å². The number of aliphatic hydroxyl groups excluding tert-OH is 1. The van der Waals surface area contributed by atoms with Crippen molar-refractivity contribution in [3.05, 3.63) is 0 Å². The van der Waals surface area contributed by atoms with E-state index in [2.05, 4.69) is 10.6 Å². The number of amides is 2. The van der Waals surface area contributed by atoms with Gasteiger partial charge in [-0.05, 0) is 19.3 Å². The van der Waals surface area contributed by atoms with Crippen molar-refractivity contribution >= 4 is 11.8 Å². The Bertz CT molecular complexity index is 298. The number of carbonyl (C=O) groups excluding carboxylic acids is 2. The van der Waals surface area contributed by atoms with E-state index < -0.39 is 5.41 Å². The Morgan fingerprint density at radius 3 is 2.26 bits per heavy atom. The predicted molar refractivity (Wildman–Crippen MR) is 75.6 cm³/mol. The van der Waals surface area contributed by atoms with Crippen LogP contribution in [0.3, 0.4) is 0 Å². The van der Waals surface area contributed by atoms with E-state index in [4.69, 9.17) is 5.11 Å². The van der Waals surface area contributed by atoms with E-state index in [-0.39, 0.29) is 30.4 Å². The maximum absolute atomic E-state index is 11.6. The first-order valence-corrected chi connectivity index (χ1v) is 6.87. The molecule has 0 aliphatic carbocycles. The molecular weight excluding hydrogens is 244 g/mol. The van der Waals surface area contributed by atoms with Crippen molar-refractivity contribution in [1.29, 1.82) is 0 Å². The van der Waals surface area contributed by atoms with Gasteiger partial charge in [-0.1, -0.05) is 27.7 Å². The molecule has 3 N–H and O–H groups in total. The summed E-state index contributed by atoms with van der Waals surface area (Å²) in [4.78, 5) is 23.2. The maximum atomic E-state index is 11.6. The monoisotopic (exact) mass is 272 g/mol. The first-order chi connectivity index (χ1) is 8.68. The molecule has 112 valence electrons. The average Bonchev–Trinajstić information content (AvgIpc) is 2.31. The summed E-state index contributed by atoms with van der Waals surface area (Å²) in [5, 5.41) is 14.6. The summed E-state index contributed by atoms with van der Waals surface area (Å²) in [5.74, 6) is -0.00229. The Morgan fingerprint density at radius 2 is 1.79 bits per heavy atom. The summed E-state index contributed by atoms with van der Waals surface area (Å²) in [6, 6.07) is -0.0401. The highest BCUT2D eigenvalue weighted by Crippen LogP contribution is 2.12. The molecule has 0 radical (unpaired) electrons. The van der Waals surface area contributed by atoms with Crippen LogP contribution in [0.2, 0.25) is 0 Å². The van der Waals surface area contributed by atoms with Gasteiger partial charge < -0.3 is 15.7 Å². The Kier molecular flexibility index (Phi) is 7.68. The van der Waals surface area contributed by atoms with Crippen LogP contribution in [0, 0.1) is 11.3 Å². The molecule has 0 saturated carbocycles. The summed E-state index contributed by atoms with van der Waals surface area (Å²) in [7, 11) is 0. The third-order valence-electron chi connectivity index (χ3n) is 3.08. The van der Waals surface area contributed by atoms with E-state index in [1.165, 1.54) is 0 Å². The summed E-state index contributed by atoms with van der Waals surface area (Å²) in [6.07, 6.45) is 1.00. The summed E-state index contributed by atoms with van der Waals surface area (Å²) in [5.41, 5.74) is -0.396. The molecule has 0 aliphatic heterocycles. The molecule has 0 aliphatic rings. The van der Waals surface area contributed by atoms with Crippen molar-refractivity contribution in [3.63, 3.8) is 0 Å². The van der Waals surface area contributed by atoms with E-state index in [1.807, 2.05) is 34.6 Å².